The van der Waals surface area contributed by atoms with Crippen molar-refractivity contribution in [1.29, 1.82) is 0 Å². The van der Waals surface area contributed by atoms with E-state index >= 15 is 0 Å². The number of aliphatic hydroxyl groups excluding tert-OH is 1. The molecule has 2 aromatic rings. The normalized spacial score (nSPS) is 13.0. The van der Waals surface area contributed by atoms with Gasteiger partial charge in [-0.15, -0.1) is 0 Å². The topological polar surface area (TPSA) is 29.5 Å². The first-order chi connectivity index (χ1) is 9.79. The minimum Gasteiger partial charge on any atom is -0.456 e. The third kappa shape index (κ3) is 3.86. The van der Waals surface area contributed by atoms with Crippen LogP contribution in [0.3, 0.4) is 0 Å². The highest BCUT2D eigenvalue weighted by atomic mass is 79.9. The Morgan fingerprint density at radius 3 is 2.29 bits per heavy atom. The SMILES string of the molecule is C[C@H](O)c1ccc(Oc2ccccc2C(C)(C)C)c(Br)c1. The van der Waals surface area contributed by atoms with Crippen molar-refractivity contribution in [3.8, 4) is 11.5 Å². The predicted octanol–water partition coefficient (Wildman–Crippen LogP) is 5.59. The molecule has 1 atom stereocenters. The van der Waals surface area contributed by atoms with Crippen molar-refractivity contribution < 1.29 is 9.84 Å². The Kier molecular flexibility index (Phi) is 4.74. The molecule has 2 rings (SSSR count). The summed E-state index contributed by atoms with van der Waals surface area (Å²) in [4.78, 5) is 0. The van der Waals surface area contributed by atoms with Crippen LogP contribution in [0.15, 0.2) is 46.9 Å². The summed E-state index contributed by atoms with van der Waals surface area (Å²) >= 11 is 3.51. The fourth-order valence-electron chi connectivity index (χ4n) is 2.15. The fraction of sp³-hybridized carbons (Fsp3) is 0.333. The molecule has 3 heteroatoms. The molecule has 0 radical (unpaired) electrons. The first-order valence-corrected chi connectivity index (χ1v) is 7.83. The number of ether oxygens (including phenoxy) is 1. The first-order valence-electron chi connectivity index (χ1n) is 7.04. The second-order valence-corrected chi connectivity index (χ2v) is 7.07. The third-order valence-electron chi connectivity index (χ3n) is 3.35. The van der Waals surface area contributed by atoms with E-state index in [-0.39, 0.29) is 5.41 Å². The Morgan fingerprint density at radius 2 is 1.71 bits per heavy atom. The monoisotopic (exact) mass is 348 g/mol. The van der Waals surface area contributed by atoms with Crippen LogP contribution in [-0.4, -0.2) is 5.11 Å². The molecule has 0 bridgehead atoms. The molecule has 0 aliphatic rings. The lowest BCUT2D eigenvalue weighted by Gasteiger charge is -2.23. The lowest BCUT2D eigenvalue weighted by molar-refractivity contribution is 0.199. The van der Waals surface area contributed by atoms with Gasteiger partial charge in [0.25, 0.3) is 0 Å². The maximum absolute atomic E-state index is 9.62. The fourth-order valence-corrected chi connectivity index (χ4v) is 2.63. The van der Waals surface area contributed by atoms with Crippen LogP contribution in [-0.2, 0) is 5.41 Å². The summed E-state index contributed by atoms with van der Waals surface area (Å²) in [6, 6.07) is 13.7. The van der Waals surface area contributed by atoms with Crippen LogP contribution in [0.5, 0.6) is 11.5 Å². The molecule has 0 unspecified atom stereocenters. The van der Waals surface area contributed by atoms with Gasteiger partial charge in [0.2, 0.25) is 0 Å². The number of benzene rings is 2. The molecule has 0 heterocycles. The number of hydrogen-bond acceptors (Lipinski definition) is 2. The number of hydrogen-bond donors (Lipinski definition) is 1. The zero-order valence-corrected chi connectivity index (χ0v) is 14.4. The van der Waals surface area contributed by atoms with E-state index < -0.39 is 6.10 Å². The lowest BCUT2D eigenvalue weighted by atomic mass is 9.86. The molecule has 0 aromatic heterocycles. The number of aliphatic hydroxyl groups is 1. The largest absolute Gasteiger partial charge is 0.456 e. The lowest BCUT2D eigenvalue weighted by Crippen LogP contribution is -2.12. The van der Waals surface area contributed by atoms with Crippen LogP contribution in [0.25, 0.3) is 0 Å². The molecular weight excluding hydrogens is 328 g/mol. The van der Waals surface area contributed by atoms with Gasteiger partial charge < -0.3 is 9.84 Å². The van der Waals surface area contributed by atoms with Gasteiger partial charge in [0.1, 0.15) is 11.5 Å². The molecule has 0 aliphatic heterocycles. The Balaban J connectivity index is 2.35. The van der Waals surface area contributed by atoms with Gasteiger partial charge in [0.15, 0.2) is 0 Å². The van der Waals surface area contributed by atoms with E-state index in [1.807, 2.05) is 36.4 Å². The average molecular weight is 349 g/mol. The second kappa shape index (κ2) is 6.20. The Bertz CT molecular complexity index is 627. The van der Waals surface area contributed by atoms with Crippen LogP contribution >= 0.6 is 15.9 Å². The highest BCUT2D eigenvalue weighted by Gasteiger charge is 2.19. The van der Waals surface area contributed by atoms with E-state index in [9.17, 15) is 5.11 Å². The number of rotatable bonds is 3. The standard InChI is InChI=1S/C18H21BrO2/c1-12(20)13-9-10-17(15(19)11-13)21-16-8-6-5-7-14(16)18(2,3)4/h5-12,20H,1-4H3/t12-/m0/s1. The van der Waals surface area contributed by atoms with Gasteiger partial charge in [-0.05, 0) is 52.0 Å². The summed E-state index contributed by atoms with van der Waals surface area (Å²) in [5.41, 5.74) is 2.04. The summed E-state index contributed by atoms with van der Waals surface area (Å²) in [7, 11) is 0. The first kappa shape index (κ1) is 16.1. The van der Waals surface area contributed by atoms with Gasteiger partial charge in [-0.2, -0.15) is 0 Å². The molecule has 1 N–H and O–H groups in total. The maximum Gasteiger partial charge on any atom is 0.141 e. The van der Waals surface area contributed by atoms with Gasteiger partial charge in [-0.3, -0.25) is 0 Å². The summed E-state index contributed by atoms with van der Waals surface area (Å²) in [5.74, 6) is 1.60. The summed E-state index contributed by atoms with van der Waals surface area (Å²) in [5, 5.41) is 9.62. The average Bonchev–Trinajstić information content (AvgIpc) is 2.40. The van der Waals surface area contributed by atoms with Crippen LogP contribution in [0, 0.1) is 0 Å². The third-order valence-corrected chi connectivity index (χ3v) is 3.97. The minimum atomic E-state index is -0.489. The molecule has 2 aromatic carbocycles. The second-order valence-electron chi connectivity index (χ2n) is 6.21. The predicted molar refractivity (Wildman–Crippen MR) is 90.0 cm³/mol. The number of para-hydroxylation sites is 1. The van der Waals surface area contributed by atoms with E-state index in [4.69, 9.17) is 4.74 Å². The zero-order valence-electron chi connectivity index (χ0n) is 12.9. The van der Waals surface area contributed by atoms with Crippen LogP contribution < -0.4 is 4.74 Å². The molecule has 0 aliphatic carbocycles. The van der Waals surface area contributed by atoms with Gasteiger partial charge in [0, 0.05) is 5.56 Å². The van der Waals surface area contributed by atoms with E-state index in [1.165, 1.54) is 0 Å². The minimum absolute atomic E-state index is 0.0165. The van der Waals surface area contributed by atoms with Crippen LogP contribution in [0.4, 0.5) is 0 Å². The molecule has 0 saturated carbocycles. The van der Waals surface area contributed by atoms with Crippen molar-refractivity contribution in [2.45, 2.75) is 39.2 Å². The molecule has 112 valence electrons. The van der Waals surface area contributed by atoms with Crippen molar-refractivity contribution in [2.24, 2.45) is 0 Å². The van der Waals surface area contributed by atoms with Crippen molar-refractivity contribution in [3.05, 3.63) is 58.1 Å². The van der Waals surface area contributed by atoms with Gasteiger partial charge in [-0.1, -0.05) is 45.0 Å². The van der Waals surface area contributed by atoms with E-state index in [0.717, 1.165) is 27.1 Å². The summed E-state index contributed by atoms with van der Waals surface area (Å²) in [6.45, 7) is 8.25. The maximum atomic E-state index is 9.62. The smallest absolute Gasteiger partial charge is 0.141 e. The van der Waals surface area contributed by atoms with Gasteiger partial charge in [0.05, 0.1) is 10.6 Å². The van der Waals surface area contributed by atoms with Crippen molar-refractivity contribution in [2.75, 3.05) is 0 Å². The molecular formula is C18H21BrO2. The van der Waals surface area contributed by atoms with Crippen molar-refractivity contribution >= 4 is 15.9 Å². The van der Waals surface area contributed by atoms with Crippen LogP contribution in [0.2, 0.25) is 0 Å². The Hall–Kier alpha value is -1.32. The molecule has 21 heavy (non-hydrogen) atoms. The highest BCUT2D eigenvalue weighted by Crippen LogP contribution is 2.37. The summed E-state index contributed by atoms with van der Waals surface area (Å²) in [6.07, 6.45) is -0.489. The van der Waals surface area contributed by atoms with Crippen LogP contribution in [0.1, 0.15) is 44.9 Å². The van der Waals surface area contributed by atoms with E-state index in [2.05, 4.69) is 42.8 Å². The van der Waals surface area contributed by atoms with Gasteiger partial charge in [-0.25, -0.2) is 0 Å². The molecule has 0 spiro atoms. The van der Waals surface area contributed by atoms with Crippen molar-refractivity contribution in [1.82, 2.24) is 0 Å². The number of halogens is 1. The quantitative estimate of drug-likeness (QED) is 0.782. The summed E-state index contributed by atoms with van der Waals surface area (Å²) < 4.78 is 6.91. The highest BCUT2D eigenvalue weighted by molar-refractivity contribution is 9.10. The molecule has 0 saturated heterocycles. The molecule has 0 fully saturated rings. The molecule has 2 nitrogen and oxygen atoms in total. The van der Waals surface area contributed by atoms with E-state index in [1.54, 1.807) is 6.92 Å². The molecule has 0 amide bonds. The van der Waals surface area contributed by atoms with Crippen molar-refractivity contribution in [3.63, 3.8) is 0 Å². The Morgan fingerprint density at radius 1 is 1.05 bits per heavy atom. The Labute approximate surface area is 134 Å². The van der Waals surface area contributed by atoms with Gasteiger partial charge >= 0.3 is 0 Å². The van der Waals surface area contributed by atoms with E-state index in [0.29, 0.717) is 0 Å². The zero-order chi connectivity index (χ0) is 15.6.